The molecule has 0 radical (unpaired) electrons. The van der Waals surface area contributed by atoms with E-state index >= 15 is 0 Å². The molecule has 0 unspecified atom stereocenters. The zero-order valence-corrected chi connectivity index (χ0v) is 16.4. The Morgan fingerprint density at radius 1 is 1.11 bits per heavy atom. The molecule has 2 aliphatic heterocycles. The van der Waals surface area contributed by atoms with Gasteiger partial charge in [-0.05, 0) is 71.0 Å². The second-order valence-electron chi connectivity index (χ2n) is 7.79. The lowest BCUT2D eigenvalue weighted by molar-refractivity contribution is 0.102. The normalized spacial score (nSPS) is 19.5. The van der Waals surface area contributed by atoms with Crippen molar-refractivity contribution in [1.29, 1.82) is 0 Å². The molecule has 0 saturated carbocycles. The third kappa shape index (κ3) is 4.51. The molecule has 0 atom stereocenters. The van der Waals surface area contributed by atoms with Gasteiger partial charge >= 0.3 is 0 Å². The number of hydrogen-bond acceptors (Lipinski definition) is 6. The number of carbonyl (C=O) groups excluding carboxylic acids is 1. The first-order chi connectivity index (χ1) is 13.7. The highest BCUT2D eigenvalue weighted by Crippen LogP contribution is 2.25. The summed E-state index contributed by atoms with van der Waals surface area (Å²) >= 11 is 0. The summed E-state index contributed by atoms with van der Waals surface area (Å²) in [5, 5.41) is 18.2. The molecule has 3 N–H and O–H groups in total. The first-order valence-corrected chi connectivity index (χ1v) is 10.2. The van der Waals surface area contributed by atoms with Gasteiger partial charge in [-0.25, -0.2) is 4.68 Å². The van der Waals surface area contributed by atoms with Crippen molar-refractivity contribution in [2.45, 2.75) is 37.8 Å². The van der Waals surface area contributed by atoms with Crippen molar-refractivity contribution in [3.05, 3.63) is 36.2 Å². The van der Waals surface area contributed by atoms with Crippen LogP contribution < -0.4 is 16.0 Å². The number of piperidine rings is 2. The van der Waals surface area contributed by atoms with Crippen LogP contribution in [0.5, 0.6) is 0 Å². The van der Waals surface area contributed by atoms with E-state index in [1.165, 1.54) is 0 Å². The summed E-state index contributed by atoms with van der Waals surface area (Å²) in [5.74, 6) is -0.224. The fourth-order valence-corrected chi connectivity index (χ4v) is 3.91. The van der Waals surface area contributed by atoms with Crippen molar-refractivity contribution in [2.75, 3.05) is 43.9 Å². The number of amides is 1. The minimum atomic E-state index is -0.224. The summed E-state index contributed by atoms with van der Waals surface area (Å²) in [5.41, 5.74) is 2.09. The van der Waals surface area contributed by atoms with E-state index in [2.05, 4.69) is 38.2 Å². The molecular formula is C20H29N7O. The molecule has 150 valence electrons. The Balaban J connectivity index is 1.41. The van der Waals surface area contributed by atoms with Gasteiger partial charge in [-0.2, -0.15) is 0 Å². The van der Waals surface area contributed by atoms with E-state index in [0.29, 0.717) is 17.8 Å². The van der Waals surface area contributed by atoms with Gasteiger partial charge in [0.1, 0.15) is 0 Å². The first kappa shape index (κ1) is 18.9. The smallest absolute Gasteiger partial charge is 0.277 e. The predicted molar refractivity (Wildman–Crippen MR) is 110 cm³/mol. The van der Waals surface area contributed by atoms with Gasteiger partial charge in [0.25, 0.3) is 5.91 Å². The van der Waals surface area contributed by atoms with Gasteiger partial charge in [0.2, 0.25) is 0 Å². The van der Waals surface area contributed by atoms with E-state index in [-0.39, 0.29) is 5.91 Å². The van der Waals surface area contributed by atoms with Crippen molar-refractivity contribution >= 4 is 17.3 Å². The van der Waals surface area contributed by atoms with E-state index in [1.54, 1.807) is 6.20 Å². The number of carbonyl (C=O) groups is 1. The van der Waals surface area contributed by atoms with Crippen LogP contribution in [-0.2, 0) is 0 Å². The highest BCUT2D eigenvalue weighted by molar-refractivity contribution is 6.04. The van der Waals surface area contributed by atoms with E-state index in [0.717, 1.165) is 63.2 Å². The average molecular weight is 384 g/mol. The first-order valence-electron chi connectivity index (χ1n) is 10.2. The van der Waals surface area contributed by atoms with Crippen LogP contribution in [0.3, 0.4) is 0 Å². The number of rotatable bonds is 5. The Kier molecular flexibility index (Phi) is 5.87. The summed E-state index contributed by atoms with van der Waals surface area (Å²) in [4.78, 5) is 15.1. The van der Waals surface area contributed by atoms with Crippen molar-refractivity contribution in [3.63, 3.8) is 0 Å². The van der Waals surface area contributed by atoms with Gasteiger partial charge in [0, 0.05) is 6.04 Å². The van der Waals surface area contributed by atoms with E-state index < -0.39 is 0 Å². The van der Waals surface area contributed by atoms with E-state index in [9.17, 15) is 4.79 Å². The number of nitrogens with one attached hydrogen (secondary N) is 3. The molecule has 3 heterocycles. The van der Waals surface area contributed by atoms with Crippen molar-refractivity contribution in [2.24, 2.45) is 0 Å². The predicted octanol–water partition coefficient (Wildman–Crippen LogP) is 1.96. The minimum absolute atomic E-state index is 0.224. The monoisotopic (exact) mass is 383 g/mol. The lowest BCUT2D eigenvalue weighted by atomic mass is 10.0. The van der Waals surface area contributed by atoms with Crippen LogP contribution in [0.25, 0.3) is 0 Å². The van der Waals surface area contributed by atoms with Crippen LogP contribution in [-0.4, -0.2) is 65.1 Å². The van der Waals surface area contributed by atoms with Gasteiger partial charge in [-0.3, -0.25) is 4.79 Å². The Morgan fingerprint density at radius 3 is 2.57 bits per heavy atom. The maximum absolute atomic E-state index is 12.7. The maximum atomic E-state index is 12.7. The Labute approximate surface area is 165 Å². The minimum Gasteiger partial charge on any atom is -0.381 e. The molecule has 4 rings (SSSR count). The molecule has 1 amide bonds. The molecule has 1 aromatic heterocycles. The summed E-state index contributed by atoms with van der Waals surface area (Å²) < 4.78 is 1.83. The summed E-state index contributed by atoms with van der Waals surface area (Å²) in [6, 6.07) is 8.59. The summed E-state index contributed by atoms with van der Waals surface area (Å²) in [7, 11) is 2.15. The average Bonchev–Trinajstić information content (AvgIpc) is 3.22. The molecule has 0 bridgehead atoms. The lowest BCUT2D eigenvalue weighted by Crippen LogP contribution is -2.36. The number of nitrogens with zero attached hydrogens (tertiary/aromatic N) is 4. The second kappa shape index (κ2) is 8.70. The number of anilines is 2. The van der Waals surface area contributed by atoms with Crippen LogP contribution >= 0.6 is 0 Å². The summed E-state index contributed by atoms with van der Waals surface area (Å²) in [6.07, 6.45) is 5.98. The molecule has 2 saturated heterocycles. The highest BCUT2D eigenvalue weighted by Gasteiger charge is 2.20. The molecule has 28 heavy (non-hydrogen) atoms. The van der Waals surface area contributed by atoms with E-state index in [4.69, 9.17) is 0 Å². The molecule has 2 aromatic rings. The van der Waals surface area contributed by atoms with Crippen LogP contribution in [0.15, 0.2) is 30.5 Å². The van der Waals surface area contributed by atoms with Crippen molar-refractivity contribution in [1.82, 2.24) is 25.2 Å². The molecule has 2 aliphatic rings. The number of aromatic nitrogens is 3. The molecule has 2 fully saturated rings. The fourth-order valence-electron chi connectivity index (χ4n) is 3.91. The quantitative estimate of drug-likeness (QED) is 0.732. The Bertz CT molecular complexity index is 791. The van der Waals surface area contributed by atoms with Gasteiger partial charge < -0.3 is 20.9 Å². The SMILES string of the molecule is CN1CCC(Nc2ccccc2NC(=O)c2cn(C3CCNCC3)nn2)CC1. The molecule has 1 aromatic carbocycles. The van der Waals surface area contributed by atoms with Gasteiger partial charge in [-0.1, -0.05) is 17.3 Å². The van der Waals surface area contributed by atoms with Crippen LogP contribution in [0.4, 0.5) is 11.4 Å². The highest BCUT2D eigenvalue weighted by atomic mass is 16.2. The molecule has 0 spiro atoms. The Hall–Kier alpha value is -2.45. The van der Waals surface area contributed by atoms with Gasteiger partial charge in [0.05, 0.1) is 23.6 Å². The number of para-hydroxylation sites is 2. The number of hydrogen-bond donors (Lipinski definition) is 3. The van der Waals surface area contributed by atoms with Crippen LogP contribution in [0, 0.1) is 0 Å². The maximum Gasteiger partial charge on any atom is 0.277 e. The van der Waals surface area contributed by atoms with Crippen LogP contribution in [0.2, 0.25) is 0 Å². The van der Waals surface area contributed by atoms with Crippen LogP contribution in [0.1, 0.15) is 42.2 Å². The third-order valence-corrected chi connectivity index (χ3v) is 5.68. The number of benzene rings is 1. The molecule has 8 heteroatoms. The fraction of sp³-hybridized carbons (Fsp3) is 0.550. The van der Waals surface area contributed by atoms with Crippen molar-refractivity contribution in [3.8, 4) is 0 Å². The molecule has 0 aliphatic carbocycles. The zero-order chi connectivity index (χ0) is 19.3. The molecular weight excluding hydrogens is 354 g/mol. The standard InChI is InChI=1S/C20H29N7O/c1-26-12-8-15(9-13-26)22-17-4-2-3-5-18(17)23-20(28)19-14-27(25-24-19)16-6-10-21-11-7-16/h2-5,14-16,21-22H,6-13H2,1H3,(H,23,28). The van der Waals surface area contributed by atoms with Gasteiger partial charge in [-0.15, -0.1) is 5.10 Å². The third-order valence-electron chi connectivity index (χ3n) is 5.68. The summed E-state index contributed by atoms with van der Waals surface area (Å²) in [6.45, 7) is 4.13. The lowest BCUT2D eigenvalue weighted by Gasteiger charge is -2.30. The second-order valence-corrected chi connectivity index (χ2v) is 7.79. The van der Waals surface area contributed by atoms with E-state index in [1.807, 2.05) is 28.9 Å². The zero-order valence-electron chi connectivity index (χ0n) is 16.4. The topological polar surface area (TPSA) is 87.1 Å². The molecule has 8 nitrogen and oxygen atoms in total. The van der Waals surface area contributed by atoms with Crippen molar-refractivity contribution < 1.29 is 4.79 Å². The largest absolute Gasteiger partial charge is 0.381 e. The van der Waals surface area contributed by atoms with Gasteiger partial charge in [0.15, 0.2) is 5.69 Å². The number of likely N-dealkylation sites (tertiary alicyclic amines) is 1. The Morgan fingerprint density at radius 2 is 1.82 bits per heavy atom.